The zero-order chi connectivity index (χ0) is 14.6. The van der Waals surface area contributed by atoms with Crippen molar-refractivity contribution in [2.45, 2.75) is 25.2 Å². The molecule has 2 unspecified atom stereocenters. The van der Waals surface area contributed by atoms with Crippen LogP contribution >= 0.6 is 0 Å². The summed E-state index contributed by atoms with van der Waals surface area (Å²) in [6.45, 7) is 3.73. The van der Waals surface area contributed by atoms with Gasteiger partial charge in [-0.05, 0) is 31.2 Å². The zero-order valence-electron chi connectivity index (χ0n) is 12.2. The average Bonchev–Trinajstić information content (AvgIpc) is 2.96. The highest BCUT2D eigenvalue weighted by molar-refractivity contribution is 5.83. The molecule has 2 N–H and O–H groups in total. The number of hydrogen-bond acceptors (Lipinski definition) is 4. The third-order valence-electron chi connectivity index (χ3n) is 4.16. The number of carbonyl (C=O) groups is 1. The van der Waals surface area contributed by atoms with Crippen molar-refractivity contribution >= 4 is 5.97 Å². The van der Waals surface area contributed by atoms with Gasteiger partial charge in [0.2, 0.25) is 0 Å². The van der Waals surface area contributed by atoms with Gasteiger partial charge in [-0.2, -0.15) is 0 Å². The minimum absolute atomic E-state index is 0.250. The van der Waals surface area contributed by atoms with Gasteiger partial charge in [-0.15, -0.1) is 0 Å². The SMILES string of the molecule is COC(=O)C(CN)(CC1CCOC1)c1cccc(C)c1. The first kappa shape index (κ1) is 15.0. The second kappa shape index (κ2) is 6.37. The summed E-state index contributed by atoms with van der Waals surface area (Å²) < 4.78 is 10.5. The van der Waals surface area contributed by atoms with Gasteiger partial charge in [0, 0.05) is 19.8 Å². The zero-order valence-corrected chi connectivity index (χ0v) is 12.2. The van der Waals surface area contributed by atoms with Crippen LogP contribution in [-0.4, -0.2) is 32.8 Å². The molecule has 1 aromatic rings. The van der Waals surface area contributed by atoms with E-state index in [0.29, 0.717) is 18.9 Å². The summed E-state index contributed by atoms with van der Waals surface area (Å²) in [7, 11) is 1.42. The lowest BCUT2D eigenvalue weighted by Crippen LogP contribution is -2.45. The van der Waals surface area contributed by atoms with E-state index < -0.39 is 5.41 Å². The van der Waals surface area contributed by atoms with Crippen LogP contribution in [-0.2, 0) is 19.7 Å². The lowest BCUT2D eigenvalue weighted by Gasteiger charge is -2.32. The van der Waals surface area contributed by atoms with Gasteiger partial charge in [-0.3, -0.25) is 4.79 Å². The number of aryl methyl sites for hydroxylation is 1. The molecule has 4 nitrogen and oxygen atoms in total. The highest BCUT2D eigenvalue weighted by atomic mass is 16.5. The van der Waals surface area contributed by atoms with Gasteiger partial charge in [-0.25, -0.2) is 0 Å². The van der Waals surface area contributed by atoms with Crippen molar-refractivity contribution in [2.75, 3.05) is 26.9 Å². The second-order valence-electron chi connectivity index (χ2n) is 5.58. The van der Waals surface area contributed by atoms with Crippen molar-refractivity contribution in [3.05, 3.63) is 35.4 Å². The van der Waals surface area contributed by atoms with E-state index >= 15 is 0 Å². The lowest BCUT2D eigenvalue weighted by atomic mass is 9.73. The fourth-order valence-corrected chi connectivity index (χ4v) is 2.98. The Hall–Kier alpha value is -1.39. The molecule has 0 saturated carbocycles. The van der Waals surface area contributed by atoms with Crippen molar-refractivity contribution in [3.63, 3.8) is 0 Å². The average molecular weight is 277 g/mol. The fraction of sp³-hybridized carbons (Fsp3) is 0.562. The van der Waals surface area contributed by atoms with E-state index in [2.05, 4.69) is 0 Å². The molecule has 2 atom stereocenters. The molecular formula is C16H23NO3. The first-order chi connectivity index (χ1) is 9.62. The molecule has 0 aliphatic carbocycles. The number of ether oxygens (including phenoxy) is 2. The molecule has 1 aliphatic heterocycles. The smallest absolute Gasteiger partial charge is 0.317 e. The Morgan fingerprint density at radius 2 is 2.35 bits per heavy atom. The van der Waals surface area contributed by atoms with Crippen LogP contribution in [0.1, 0.15) is 24.0 Å². The van der Waals surface area contributed by atoms with Crippen molar-refractivity contribution < 1.29 is 14.3 Å². The first-order valence-corrected chi connectivity index (χ1v) is 7.06. The maximum absolute atomic E-state index is 12.4. The topological polar surface area (TPSA) is 61.5 Å². The Labute approximate surface area is 120 Å². The van der Waals surface area contributed by atoms with Gasteiger partial charge in [-0.1, -0.05) is 29.8 Å². The third-order valence-corrected chi connectivity index (χ3v) is 4.16. The molecule has 0 aromatic heterocycles. The standard InChI is InChI=1S/C16H23NO3/c1-12-4-3-5-14(8-12)16(11-17,15(18)19-2)9-13-6-7-20-10-13/h3-5,8,13H,6-7,9-11,17H2,1-2H3. The van der Waals surface area contributed by atoms with E-state index in [1.807, 2.05) is 31.2 Å². The van der Waals surface area contributed by atoms with Crippen LogP contribution < -0.4 is 5.73 Å². The van der Waals surface area contributed by atoms with Crippen LogP contribution in [0.4, 0.5) is 0 Å². The van der Waals surface area contributed by atoms with Crippen LogP contribution in [0, 0.1) is 12.8 Å². The van der Waals surface area contributed by atoms with Crippen molar-refractivity contribution in [3.8, 4) is 0 Å². The Kier molecular flexibility index (Phi) is 4.78. The molecule has 0 bridgehead atoms. The van der Waals surface area contributed by atoms with Gasteiger partial charge in [0.05, 0.1) is 7.11 Å². The summed E-state index contributed by atoms with van der Waals surface area (Å²) in [6.07, 6.45) is 1.66. The van der Waals surface area contributed by atoms with Gasteiger partial charge in [0.15, 0.2) is 0 Å². The van der Waals surface area contributed by atoms with Crippen LogP contribution in [0.3, 0.4) is 0 Å². The van der Waals surface area contributed by atoms with Crippen molar-refractivity contribution in [1.29, 1.82) is 0 Å². The maximum atomic E-state index is 12.4. The van der Waals surface area contributed by atoms with Gasteiger partial charge >= 0.3 is 5.97 Å². The number of carbonyl (C=O) groups excluding carboxylic acids is 1. The largest absolute Gasteiger partial charge is 0.468 e. The molecule has 20 heavy (non-hydrogen) atoms. The van der Waals surface area contributed by atoms with E-state index in [4.69, 9.17) is 15.2 Å². The summed E-state index contributed by atoms with van der Waals surface area (Å²) in [4.78, 5) is 12.4. The van der Waals surface area contributed by atoms with E-state index in [0.717, 1.165) is 24.2 Å². The summed E-state index contributed by atoms with van der Waals surface area (Å²) in [5.74, 6) is 0.107. The van der Waals surface area contributed by atoms with Gasteiger partial charge in [0.1, 0.15) is 5.41 Å². The Morgan fingerprint density at radius 3 is 2.90 bits per heavy atom. The highest BCUT2D eigenvalue weighted by Crippen LogP contribution is 2.35. The second-order valence-corrected chi connectivity index (χ2v) is 5.58. The number of benzene rings is 1. The fourth-order valence-electron chi connectivity index (χ4n) is 2.98. The molecule has 2 rings (SSSR count). The third kappa shape index (κ3) is 2.86. The quantitative estimate of drug-likeness (QED) is 0.834. The number of rotatable bonds is 5. The molecule has 1 heterocycles. The van der Waals surface area contributed by atoms with E-state index in [-0.39, 0.29) is 12.5 Å². The molecule has 1 aliphatic rings. The minimum Gasteiger partial charge on any atom is -0.468 e. The lowest BCUT2D eigenvalue weighted by molar-refractivity contribution is -0.148. The Morgan fingerprint density at radius 1 is 1.55 bits per heavy atom. The summed E-state index contributed by atoms with van der Waals surface area (Å²) in [6, 6.07) is 7.97. The first-order valence-electron chi connectivity index (χ1n) is 7.06. The predicted molar refractivity (Wildman–Crippen MR) is 77.5 cm³/mol. The molecule has 0 spiro atoms. The Balaban J connectivity index is 2.38. The Bertz CT molecular complexity index is 469. The summed E-state index contributed by atoms with van der Waals surface area (Å²) >= 11 is 0. The van der Waals surface area contributed by atoms with E-state index in [1.165, 1.54) is 7.11 Å². The van der Waals surface area contributed by atoms with Crippen molar-refractivity contribution in [2.24, 2.45) is 11.7 Å². The minimum atomic E-state index is -0.765. The van der Waals surface area contributed by atoms with Crippen molar-refractivity contribution in [1.82, 2.24) is 0 Å². The number of methoxy groups -OCH3 is 1. The number of nitrogens with two attached hydrogens (primary N) is 1. The van der Waals surface area contributed by atoms with E-state index in [1.54, 1.807) is 0 Å². The molecule has 0 amide bonds. The van der Waals surface area contributed by atoms with Crippen LogP contribution in [0.15, 0.2) is 24.3 Å². The molecule has 0 radical (unpaired) electrons. The highest BCUT2D eigenvalue weighted by Gasteiger charge is 2.42. The van der Waals surface area contributed by atoms with E-state index in [9.17, 15) is 4.79 Å². The molecule has 1 aromatic carbocycles. The van der Waals surface area contributed by atoms with Crippen LogP contribution in [0.25, 0.3) is 0 Å². The monoisotopic (exact) mass is 277 g/mol. The predicted octanol–water partition coefficient (Wildman–Crippen LogP) is 1.79. The van der Waals surface area contributed by atoms with Gasteiger partial charge in [0.25, 0.3) is 0 Å². The normalized spacial score (nSPS) is 21.4. The number of esters is 1. The summed E-state index contributed by atoms with van der Waals surface area (Å²) in [5.41, 5.74) is 7.30. The summed E-state index contributed by atoms with van der Waals surface area (Å²) in [5, 5.41) is 0. The van der Waals surface area contributed by atoms with Gasteiger partial charge < -0.3 is 15.2 Å². The molecule has 110 valence electrons. The molecule has 1 saturated heterocycles. The van der Waals surface area contributed by atoms with Crippen LogP contribution in [0.2, 0.25) is 0 Å². The maximum Gasteiger partial charge on any atom is 0.317 e. The molecule has 1 fully saturated rings. The molecule has 4 heteroatoms. The molecular weight excluding hydrogens is 254 g/mol. The number of hydrogen-bond donors (Lipinski definition) is 1. The van der Waals surface area contributed by atoms with Crippen LogP contribution in [0.5, 0.6) is 0 Å².